The first-order chi connectivity index (χ1) is 17.3. The summed E-state index contributed by atoms with van der Waals surface area (Å²) < 4.78 is 11.2. The van der Waals surface area contributed by atoms with Gasteiger partial charge in [-0.3, -0.25) is 14.5 Å². The molecule has 0 saturated carbocycles. The number of carbonyl (C=O) groups excluding carboxylic acids is 2. The summed E-state index contributed by atoms with van der Waals surface area (Å²) in [5.74, 6) is -0.00373. The number of carboxylic acids is 1. The molecule has 2 heterocycles. The van der Waals surface area contributed by atoms with Gasteiger partial charge in [-0.25, -0.2) is 9.79 Å². The van der Waals surface area contributed by atoms with Crippen LogP contribution in [0.25, 0.3) is 0 Å². The molecule has 2 aromatic carbocycles. The summed E-state index contributed by atoms with van der Waals surface area (Å²) in [5, 5.41) is 8.04. The van der Waals surface area contributed by atoms with Crippen molar-refractivity contribution in [1.82, 2.24) is 4.90 Å². The first-order valence-corrected chi connectivity index (χ1v) is 12.3. The van der Waals surface area contributed by atoms with Gasteiger partial charge >= 0.3 is 5.97 Å². The third-order valence-electron chi connectivity index (χ3n) is 5.20. The van der Waals surface area contributed by atoms with E-state index >= 15 is 0 Å². The van der Waals surface area contributed by atoms with Gasteiger partial charge in [0.25, 0.3) is 5.97 Å². The molecule has 1 amide bonds. The number of benzene rings is 2. The molecule has 2 aliphatic heterocycles. The van der Waals surface area contributed by atoms with Gasteiger partial charge in [0.2, 0.25) is 5.91 Å². The molecule has 1 N–H and O–H groups in total. The molecule has 2 aliphatic rings. The molecule has 0 bridgehead atoms. The number of amidine groups is 1. The lowest BCUT2D eigenvalue weighted by Gasteiger charge is -2.38. The standard InChI is InChI=1S/C25H24N2O4S.C2H4O2/c1-3-14-30-24(29)22-17(2)26-25-27(21(28)13-15-32-25)23(22)19-9-11-20(12-10-19)31-16-18-7-5-4-6-8-18;1-2(3)4/h3-12,23H,1,13-16H2,2H3;1H3,(H,3,4). The molecule has 0 radical (unpaired) electrons. The van der Waals surface area contributed by atoms with Gasteiger partial charge in [0.1, 0.15) is 19.0 Å². The second kappa shape index (κ2) is 12.7. The zero-order chi connectivity index (χ0) is 26.1. The number of hydrogen-bond donors (Lipinski definition) is 1. The van der Waals surface area contributed by atoms with Crippen molar-refractivity contribution in [3.05, 3.63) is 89.6 Å². The van der Waals surface area contributed by atoms with Crippen LogP contribution < -0.4 is 4.74 Å². The third kappa shape index (κ3) is 6.85. The molecule has 1 atom stereocenters. The quantitative estimate of drug-likeness (QED) is 0.426. The molecule has 8 nitrogen and oxygen atoms in total. The lowest BCUT2D eigenvalue weighted by Crippen LogP contribution is -2.45. The largest absolute Gasteiger partial charge is 0.489 e. The number of carboxylic acid groups (broad SMARTS) is 1. The highest BCUT2D eigenvalue weighted by Gasteiger charge is 2.41. The number of rotatable bonds is 7. The maximum atomic E-state index is 12.9. The van der Waals surface area contributed by atoms with Crippen LogP contribution in [0.5, 0.6) is 5.75 Å². The Bertz CT molecular complexity index is 1170. The maximum absolute atomic E-state index is 12.9. The molecule has 4 rings (SSSR count). The molecule has 0 aromatic heterocycles. The van der Waals surface area contributed by atoms with Crippen molar-refractivity contribution in [3.8, 4) is 5.75 Å². The molecular weight excluding hydrogens is 480 g/mol. The number of hydrogen-bond acceptors (Lipinski definition) is 7. The fraction of sp³-hybridized carbons (Fsp3) is 0.259. The van der Waals surface area contributed by atoms with Crippen LogP contribution in [-0.4, -0.2) is 45.4 Å². The van der Waals surface area contributed by atoms with Gasteiger partial charge in [-0.1, -0.05) is 66.9 Å². The van der Waals surface area contributed by atoms with Gasteiger partial charge in [-0.15, -0.1) is 0 Å². The molecule has 0 aliphatic carbocycles. The van der Waals surface area contributed by atoms with Crippen molar-refractivity contribution in [1.29, 1.82) is 0 Å². The Labute approximate surface area is 214 Å². The van der Waals surface area contributed by atoms with Gasteiger partial charge in [-0.2, -0.15) is 0 Å². The minimum absolute atomic E-state index is 0.0570. The Morgan fingerprint density at radius 1 is 1.19 bits per heavy atom. The van der Waals surface area contributed by atoms with Crippen molar-refractivity contribution >= 4 is 34.8 Å². The summed E-state index contributed by atoms with van der Waals surface area (Å²) >= 11 is 1.52. The minimum atomic E-state index is -0.833. The first-order valence-electron chi connectivity index (χ1n) is 11.3. The molecular formula is C27H28N2O6S. The average molecular weight is 509 g/mol. The van der Waals surface area contributed by atoms with E-state index in [0.29, 0.717) is 41.0 Å². The Hall–Kier alpha value is -3.85. The van der Waals surface area contributed by atoms with Gasteiger partial charge in [0.15, 0.2) is 5.17 Å². The Balaban J connectivity index is 0.000000840. The smallest absolute Gasteiger partial charge is 0.338 e. The molecule has 2 aromatic rings. The number of thioether (sulfide) groups is 1. The zero-order valence-corrected chi connectivity index (χ0v) is 21.0. The summed E-state index contributed by atoms with van der Waals surface area (Å²) in [6.45, 7) is 7.01. The van der Waals surface area contributed by atoms with E-state index in [1.807, 2.05) is 54.6 Å². The highest BCUT2D eigenvalue weighted by Crippen LogP contribution is 2.40. The lowest BCUT2D eigenvalue weighted by atomic mass is 9.94. The second-order valence-corrected chi connectivity index (χ2v) is 8.97. The van der Waals surface area contributed by atoms with Crippen LogP contribution in [0.4, 0.5) is 0 Å². The number of amides is 1. The Morgan fingerprint density at radius 2 is 1.86 bits per heavy atom. The number of nitrogens with zero attached hydrogens (tertiary/aromatic N) is 2. The van der Waals surface area contributed by atoms with E-state index in [-0.39, 0.29) is 12.5 Å². The van der Waals surface area contributed by atoms with Gasteiger partial charge in [0, 0.05) is 19.1 Å². The summed E-state index contributed by atoms with van der Waals surface area (Å²) in [7, 11) is 0. The van der Waals surface area contributed by atoms with Crippen molar-refractivity contribution in [3.63, 3.8) is 0 Å². The Morgan fingerprint density at radius 3 is 2.50 bits per heavy atom. The van der Waals surface area contributed by atoms with Crippen molar-refractivity contribution < 1.29 is 29.0 Å². The van der Waals surface area contributed by atoms with Crippen molar-refractivity contribution in [2.24, 2.45) is 4.99 Å². The number of aliphatic carboxylic acids is 1. The summed E-state index contributed by atoms with van der Waals surface area (Å²) in [6, 6.07) is 16.8. The molecule has 9 heteroatoms. The van der Waals surface area contributed by atoms with Gasteiger partial charge < -0.3 is 14.6 Å². The van der Waals surface area contributed by atoms with E-state index in [9.17, 15) is 9.59 Å². The van der Waals surface area contributed by atoms with E-state index in [2.05, 4.69) is 11.6 Å². The third-order valence-corrected chi connectivity index (χ3v) is 6.16. The van der Waals surface area contributed by atoms with Crippen LogP contribution in [0.15, 0.2) is 83.5 Å². The average Bonchev–Trinajstić information content (AvgIpc) is 2.86. The second-order valence-electron chi connectivity index (χ2n) is 7.91. The Kier molecular flexibility index (Phi) is 9.46. The summed E-state index contributed by atoms with van der Waals surface area (Å²) in [6.07, 6.45) is 1.91. The summed E-state index contributed by atoms with van der Waals surface area (Å²) in [4.78, 5) is 40.9. The molecule has 36 heavy (non-hydrogen) atoms. The highest BCUT2D eigenvalue weighted by atomic mass is 32.2. The number of aliphatic imine (C=N–C) groups is 1. The number of esters is 1. The molecule has 0 spiro atoms. The molecule has 1 fully saturated rings. The SMILES string of the molecule is C=CCOC(=O)C1=C(C)N=C2SCCC(=O)N2C1c1ccc(OCc2ccccc2)cc1.CC(=O)O. The first kappa shape index (κ1) is 26.7. The van der Waals surface area contributed by atoms with E-state index in [0.717, 1.165) is 18.1 Å². The normalized spacial score (nSPS) is 16.7. The van der Waals surface area contributed by atoms with E-state index in [4.69, 9.17) is 19.4 Å². The number of allylic oxidation sites excluding steroid dienone is 1. The molecule has 1 unspecified atom stereocenters. The zero-order valence-electron chi connectivity index (χ0n) is 20.2. The van der Waals surface area contributed by atoms with Crippen LogP contribution >= 0.6 is 11.8 Å². The number of ether oxygens (including phenoxy) is 2. The summed E-state index contributed by atoms with van der Waals surface area (Å²) in [5.41, 5.74) is 2.79. The van der Waals surface area contributed by atoms with Gasteiger partial charge in [0.05, 0.1) is 17.3 Å². The maximum Gasteiger partial charge on any atom is 0.338 e. The minimum Gasteiger partial charge on any atom is -0.489 e. The van der Waals surface area contributed by atoms with E-state index in [1.54, 1.807) is 11.8 Å². The van der Waals surface area contributed by atoms with E-state index < -0.39 is 18.0 Å². The van der Waals surface area contributed by atoms with E-state index in [1.165, 1.54) is 17.8 Å². The topological polar surface area (TPSA) is 106 Å². The molecule has 188 valence electrons. The fourth-order valence-electron chi connectivity index (χ4n) is 3.67. The van der Waals surface area contributed by atoms with Gasteiger partial charge in [-0.05, 0) is 30.2 Å². The van der Waals surface area contributed by atoms with Crippen LogP contribution in [0.1, 0.15) is 37.4 Å². The fourth-order valence-corrected chi connectivity index (χ4v) is 4.68. The van der Waals surface area contributed by atoms with Crippen molar-refractivity contribution in [2.45, 2.75) is 32.9 Å². The van der Waals surface area contributed by atoms with Crippen LogP contribution in [0.3, 0.4) is 0 Å². The van der Waals surface area contributed by atoms with Crippen LogP contribution in [-0.2, 0) is 25.7 Å². The van der Waals surface area contributed by atoms with Crippen molar-refractivity contribution in [2.75, 3.05) is 12.4 Å². The van der Waals surface area contributed by atoms with Crippen LogP contribution in [0, 0.1) is 0 Å². The monoisotopic (exact) mass is 508 g/mol. The van der Waals surface area contributed by atoms with Crippen LogP contribution in [0.2, 0.25) is 0 Å². The predicted octanol–water partition coefficient (Wildman–Crippen LogP) is 4.74. The predicted molar refractivity (Wildman–Crippen MR) is 138 cm³/mol. The lowest BCUT2D eigenvalue weighted by molar-refractivity contribution is -0.139. The number of fused-ring (bicyclic) bond motifs is 1. The molecule has 1 saturated heterocycles. The number of carbonyl (C=O) groups is 3. The highest BCUT2D eigenvalue weighted by molar-refractivity contribution is 8.14.